The van der Waals surface area contributed by atoms with Crippen molar-refractivity contribution in [1.82, 2.24) is 10.2 Å². The lowest BCUT2D eigenvalue weighted by Crippen LogP contribution is -2.59. The molecule has 0 saturated carbocycles. The largest absolute Gasteiger partial charge is 0.379 e. The van der Waals surface area contributed by atoms with Gasteiger partial charge in [0.05, 0.1) is 5.60 Å². The fourth-order valence-electron chi connectivity index (χ4n) is 2.33. The lowest BCUT2D eigenvalue weighted by atomic mass is 9.84. The van der Waals surface area contributed by atoms with Crippen LogP contribution in [0.4, 0.5) is 0 Å². The normalized spacial score (nSPS) is 27.5. The van der Waals surface area contributed by atoms with E-state index in [1.165, 1.54) is 0 Å². The summed E-state index contributed by atoms with van der Waals surface area (Å²) in [7, 11) is 1.80. The summed E-state index contributed by atoms with van der Waals surface area (Å²) in [5.41, 5.74) is 0.316. The molecule has 2 unspecified atom stereocenters. The fraction of sp³-hybridized carbons (Fsp3) is 1.00. The molecule has 0 aromatic carbocycles. The second-order valence-electron chi connectivity index (χ2n) is 7.38. The van der Waals surface area contributed by atoms with Crippen LogP contribution in [0.3, 0.4) is 0 Å². The maximum atomic E-state index is 5.52. The Hall–Kier alpha value is -0.120. The van der Waals surface area contributed by atoms with Gasteiger partial charge in [-0.2, -0.15) is 0 Å². The number of nitrogens with one attached hydrogen (secondary N) is 1. The molecule has 1 saturated heterocycles. The highest BCUT2D eigenvalue weighted by atomic mass is 16.5. The molecule has 3 nitrogen and oxygen atoms in total. The lowest BCUT2D eigenvalue weighted by Gasteiger charge is -2.44. The Morgan fingerprint density at radius 2 is 1.83 bits per heavy atom. The van der Waals surface area contributed by atoms with E-state index in [-0.39, 0.29) is 5.60 Å². The molecule has 0 aromatic heterocycles. The highest BCUT2D eigenvalue weighted by Gasteiger charge is 2.32. The predicted molar refractivity (Wildman–Crippen MR) is 78.0 cm³/mol. The molecule has 1 fully saturated rings. The van der Waals surface area contributed by atoms with Crippen LogP contribution in [-0.4, -0.2) is 49.3 Å². The molecule has 1 aliphatic rings. The minimum absolute atomic E-state index is 0.0121. The van der Waals surface area contributed by atoms with Crippen molar-refractivity contribution in [3.63, 3.8) is 0 Å². The van der Waals surface area contributed by atoms with Gasteiger partial charge in [0, 0.05) is 38.8 Å². The van der Waals surface area contributed by atoms with E-state index < -0.39 is 0 Å². The summed E-state index contributed by atoms with van der Waals surface area (Å²) in [5, 5.41) is 3.68. The Balaban J connectivity index is 2.53. The highest BCUT2D eigenvalue weighted by molar-refractivity contribution is 4.91. The zero-order valence-corrected chi connectivity index (χ0v) is 13.3. The van der Waals surface area contributed by atoms with Gasteiger partial charge in [-0.05, 0) is 32.6 Å². The summed E-state index contributed by atoms with van der Waals surface area (Å²) in [6.45, 7) is 17.0. The van der Waals surface area contributed by atoms with Gasteiger partial charge in [0.1, 0.15) is 0 Å². The third-order valence-electron chi connectivity index (χ3n) is 4.30. The second-order valence-corrected chi connectivity index (χ2v) is 7.38. The minimum atomic E-state index is -0.0121. The van der Waals surface area contributed by atoms with E-state index in [0.29, 0.717) is 17.5 Å². The molecule has 1 heterocycles. The van der Waals surface area contributed by atoms with Crippen LogP contribution >= 0.6 is 0 Å². The molecule has 0 bridgehead atoms. The van der Waals surface area contributed by atoms with E-state index in [1.54, 1.807) is 7.11 Å². The van der Waals surface area contributed by atoms with E-state index in [1.807, 2.05) is 0 Å². The number of hydrogen-bond acceptors (Lipinski definition) is 3. The Kier molecular flexibility index (Phi) is 5.22. The first-order valence-corrected chi connectivity index (χ1v) is 7.18. The van der Waals surface area contributed by atoms with Crippen molar-refractivity contribution in [2.45, 2.75) is 65.6 Å². The zero-order chi connectivity index (χ0) is 14.0. The van der Waals surface area contributed by atoms with Gasteiger partial charge < -0.3 is 10.1 Å². The van der Waals surface area contributed by atoms with Crippen molar-refractivity contribution >= 4 is 0 Å². The van der Waals surface area contributed by atoms with Crippen LogP contribution in [0.15, 0.2) is 0 Å². The zero-order valence-electron chi connectivity index (χ0n) is 13.3. The van der Waals surface area contributed by atoms with Crippen LogP contribution in [0, 0.1) is 5.41 Å². The summed E-state index contributed by atoms with van der Waals surface area (Å²) in [6.07, 6.45) is 1.09. The number of hydrogen-bond donors (Lipinski definition) is 1. The van der Waals surface area contributed by atoms with Crippen molar-refractivity contribution in [3.05, 3.63) is 0 Å². The Morgan fingerprint density at radius 3 is 2.33 bits per heavy atom. The number of methoxy groups -OCH3 is 1. The van der Waals surface area contributed by atoms with Crippen molar-refractivity contribution in [1.29, 1.82) is 0 Å². The van der Waals surface area contributed by atoms with Crippen LogP contribution in [0.25, 0.3) is 0 Å². The Labute approximate surface area is 113 Å². The van der Waals surface area contributed by atoms with Crippen LogP contribution in [0.5, 0.6) is 0 Å². The molecule has 0 spiro atoms. The summed E-state index contributed by atoms with van der Waals surface area (Å²) >= 11 is 0. The van der Waals surface area contributed by atoms with Gasteiger partial charge in [0.2, 0.25) is 0 Å². The fourth-order valence-corrected chi connectivity index (χ4v) is 2.33. The number of rotatable bonds is 4. The van der Waals surface area contributed by atoms with E-state index in [4.69, 9.17) is 4.74 Å². The maximum Gasteiger partial charge on any atom is 0.0634 e. The van der Waals surface area contributed by atoms with Crippen LogP contribution < -0.4 is 5.32 Å². The van der Waals surface area contributed by atoms with E-state index >= 15 is 0 Å². The van der Waals surface area contributed by atoms with E-state index in [2.05, 4.69) is 51.8 Å². The number of ether oxygens (including phenoxy) is 1. The van der Waals surface area contributed by atoms with Gasteiger partial charge >= 0.3 is 0 Å². The quantitative estimate of drug-likeness (QED) is 0.836. The first-order chi connectivity index (χ1) is 8.15. The Bertz CT molecular complexity index is 258. The van der Waals surface area contributed by atoms with Crippen LogP contribution in [-0.2, 0) is 4.74 Å². The topological polar surface area (TPSA) is 24.5 Å². The van der Waals surface area contributed by atoms with Crippen molar-refractivity contribution in [2.75, 3.05) is 26.7 Å². The van der Waals surface area contributed by atoms with Gasteiger partial charge in [-0.15, -0.1) is 0 Å². The van der Waals surface area contributed by atoms with Crippen LogP contribution in [0.1, 0.15) is 48.0 Å². The molecule has 0 radical (unpaired) electrons. The van der Waals surface area contributed by atoms with Gasteiger partial charge in [0.25, 0.3) is 0 Å². The molecule has 1 aliphatic heterocycles. The first kappa shape index (κ1) is 15.9. The average molecular weight is 256 g/mol. The monoisotopic (exact) mass is 256 g/mol. The molecule has 3 heteroatoms. The van der Waals surface area contributed by atoms with Crippen LogP contribution in [0.2, 0.25) is 0 Å². The molecular formula is C15H32N2O. The van der Waals surface area contributed by atoms with Crippen molar-refractivity contribution in [2.24, 2.45) is 5.41 Å². The second kappa shape index (κ2) is 5.89. The minimum Gasteiger partial charge on any atom is -0.379 e. The molecule has 0 aliphatic carbocycles. The third kappa shape index (κ3) is 4.52. The van der Waals surface area contributed by atoms with Crippen molar-refractivity contribution in [3.8, 4) is 0 Å². The maximum absolute atomic E-state index is 5.52. The third-order valence-corrected chi connectivity index (χ3v) is 4.30. The summed E-state index contributed by atoms with van der Waals surface area (Å²) in [6, 6.07) is 1.20. The molecule has 18 heavy (non-hydrogen) atoms. The van der Waals surface area contributed by atoms with Gasteiger partial charge in [-0.25, -0.2) is 0 Å². The first-order valence-electron chi connectivity index (χ1n) is 7.18. The number of nitrogens with zero attached hydrogens (tertiary/aromatic N) is 1. The molecule has 2 atom stereocenters. The smallest absolute Gasteiger partial charge is 0.0634 e. The van der Waals surface area contributed by atoms with E-state index in [0.717, 1.165) is 26.1 Å². The van der Waals surface area contributed by atoms with E-state index in [9.17, 15) is 0 Å². The molecule has 108 valence electrons. The van der Waals surface area contributed by atoms with Gasteiger partial charge in [-0.1, -0.05) is 20.8 Å². The molecular weight excluding hydrogens is 224 g/mol. The molecule has 0 aromatic rings. The Morgan fingerprint density at radius 1 is 1.22 bits per heavy atom. The van der Waals surface area contributed by atoms with Gasteiger partial charge in [-0.3, -0.25) is 4.90 Å². The average Bonchev–Trinajstić information content (AvgIpc) is 2.26. The predicted octanol–water partition coefficient (Wildman–Crippen LogP) is 2.51. The molecule has 1 rings (SSSR count). The van der Waals surface area contributed by atoms with Crippen molar-refractivity contribution < 1.29 is 4.74 Å². The highest BCUT2D eigenvalue weighted by Crippen LogP contribution is 2.24. The SMILES string of the molecule is COC(C)(C)CCN1CC(C(C)(C)C)NCC1C. The summed E-state index contributed by atoms with van der Waals surface area (Å²) < 4.78 is 5.52. The standard InChI is InChI=1S/C15H32N2O/c1-12-10-16-13(14(2,3)4)11-17(12)9-8-15(5,6)18-7/h12-13,16H,8-11H2,1-7H3. The lowest BCUT2D eigenvalue weighted by molar-refractivity contribution is -0.00237. The molecule has 1 N–H and O–H groups in total. The van der Waals surface area contributed by atoms with Gasteiger partial charge in [0.15, 0.2) is 0 Å². The number of piperazine rings is 1. The summed E-state index contributed by atoms with van der Waals surface area (Å²) in [5.74, 6) is 0. The molecule has 0 amide bonds. The summed E-state index contributed by atoms with van der Waals surface area (Å²) in [4.78, 5) is 2.60.